The van der Waals surface area contributed by atoms with Gasteiger partial charge in [0.15, 0.2) is 5.71 Å². The van der Waals surface area contributed by atoms with Crippen LogP contribution in [0.25, 0.3) is 21.5 Å². The van der Waals surface area contributed by atoms with Gasteiger partial charge in [0, 0.05) is 70.4 Å². The predicted octanol–water partition coefficient (Wildman–Crippen LogP) is 8.68. The summed E-state index contributed by atoms with van der Waals surface area (Å²) in [5.74, 6) is -0.113. The summed E-state index contributed by atoms with van der Waals surface area (Å²) in [5.41, 5.74) is 3.86. The van der Waals surface area contributed by atoms with E-state index >= 15 is 0 Å². The number of nitrogens with one attached hydrogen (secondary N) is 1. The van der Waals surface area contributed by atoms with Gasteiger partial charge in [0.05, 0.1) is 15.2 Å². The summed E-state index contributed by atoms with van der Waals surface area (Å²) in [7, 11) is -19.7. The first-order valence-corrected chi connectivity index (χ1v) is 27.3. The molecule has 7 rings (SSSR count). The zero-order valence-electron chi connectivity index (χ0n) is 38.0. The van der Waals surface area contributed by atoms with E-state index in [4.69, 9.17) is 0 Å². The van der Waals surface area contributed by atoms with Crippen LogP contribution in [0.15, 0.2) is 128 Å². The van der Waals surface area contributed by atoms with Crippen molar-refractivity contribution < 1.29 is 61.3 Å². The molecule has 0 aliphatic carbocycles. The lowest BCUT2D eigenvalue weighted by atomic mass is 9.79. The molecule has 1 amide bonds. The molecule has 0 saturated carbocycles. The summed E-state index contributed by atoms with van der Waals surface area (Å²) in [5, 5.41) is 3.49. The molecule has 0 fully saturated rings. The summed E-state index contributed by atoms with van der Waals surface area (Å²) in [4.78, 5) is 12.1. The summed E-state index contributed by atoms with van der Waals surface area (Å²) in [6.45, 7) is 12.3. The van der Waals surface area contributed by atoms with Crippen molar-refractivity contribution in [2.75, 3.05) is 23.3 Å². The monoisotopic (exact) mass is 1010 g/mol. The van der Waals surface area contributed by atoms with Crippen molar-refractivity contribution in [2.45, 2.75) is 97.6 Å². The number of para-hydroxylation sites is 1. The number of likely N-dealkylation sites (N-methyl/N-ethyl adjacent to an activating group) is 1. The van der Waals surface area contributed by atoms with Crippen molar-refractivity contribution in [1.82, 2.24) is 0 Å². The zero-order chi connectivity index (χ0) is 49.9. The molecule has 5 aromatic rings. The van der Waals surface area contributed by atoms with E-state index in [9.17, 15) is 56.7 Å². The lowest BCUT2D eigenvalue weighted by Crippen LogP contribution is -2.28. The second kappa shape index (κ2) is 18.1. The Morgan fingerprint density at radius 1 is 0.662 bits per heavy atom. The number of hydrogen-bond donors (Lipinski definition) is 5. The molecule has 0 aromatic heterocycles. The molecule has 5 aromatic carbocycles. The minimum atomic E-state index is -4.96. The van der Waals surface area contributed by atoms with Gasteiger partial charge in [-0.3, -0.25) is 23.0 Å². The van der Waals surface area contributed by atoms with Crippen LogP contribution in [0.2, 0.25) is 0 Å². The van der Waals surface area contributed by atoms with Gasteiger partial charge < -0.3 is 10.2 Å². The largest absolute Gasteiger partial charge is 0.344 e. The first-order chi connectivity index (χ1) is 31.6. The van der Waals surface area contributed by atoms with E-state index in [0.29, 0.717) is 61.3 Å². The maximum Gasteiger partial charge on any atom is 0.295 e. The normalized spacial score (nSPS) is 16.7. The van der Waals surface area contributed by atoms with E-state index in [-0.39, 0.29) is 27.5 Å². The molecule has 0 atom stereocenters. The number of fused-ring (bicyclic) bond motifs is 6. The Bertz CT molecular complexity index is 3540. The summed E-state index contributed by atoms with van der Waals surface area (Å²) < 4.78 is 142. The first-order valence-electron chi connectivity index (χ1n) is 21.5. The minimum Gasteiger partial charge on any atom is -0.344 e. The van der Waals surface area contributed by atoms with Gasteiger partial charge in [0.1, 0.15) is 16.3 Å². The number of carbonyl (C=O) groups excluding carboxylic acids is 1. The number of amides is 1. The van der Waals surface area contributed by atoms with Crippen LogP contribution >= 0.6 is 0 Å². The Hall–Kier alpha value is -5.58. The smallest absolute Gasteiger partial charge is 0.295 e. The molecule has 2 aliphatic heterocycles. The molecule has 0 spiro atoms. The second-order valence-electron chi connectivity index (χ2n) is 17.9. The Morgan fingerprint density at radius 2 is 1.24 bits per heavy atom. The average Bonchev–Trinajstić information content (AvgIpc) is 3.60. The van der Waals surface area contributed by atoms with Crippen molar-refractivity contribution in [3.05, 3.63) is 126 Å². The SMILES string of the molecule is CCN1/C(=C/C=C/C=C/C2=[N+](CCCCCC(=O)Nc3ccccc3C)c3ccc4c(S(=O)(=O)O)cc(S(=O)(=O)O)cc4c3C2(C)C)C(C)(C)c2c1ccc1c(S(=O)(=O)O)cc(S(=O)(=O)O)cc21. The molecule has 68 heavy (non-hydrogen) atoms. The molecule has 2 aliphatic rings. The third-order valence-electron chi connectivity index (χ3n) is 12.7. The average molecular weight is 1010 g/mol. The Kier molecular flexibility index (Phi) is 13.4. The Balaban J connectivity index is 1.25. The number of nitrogens with zero attached hydrogens (tertiary/aromatic N) is 2. The van der Waals surface area contributed by atoms with Crippen LogP contribution in [0.3, 0.4) is 0 Å². The van der Waals surface area contributed by atoms with Gasteiger partial charge in [-0.05, 0) is 111 Å². The molecule has 5 N–H and O–H groups in total. The second-order valence-corrected chi connectivity index (χ2v) is 23.5. The standard InChI is InChI=1S/C48H51N3O13S4/c1-7-50-38-23-21-33-35(26-31(65(53,54)55)28-40(33)67(59,60)61)45(38)47(3,4)42(50)18-10-8-11-19-43-48(5,6)46-36-27-32(66(56,57)58)29-41(68(62,63)64)34(36)22-24-39(46)51(43)25-15-9-12-20-44(52)49-37-17-14-13-16-30(37)2/h8,10-11,13-14,16-19,21-24,26-29H,7,9,12,15,20,25H2,1-6H3,(H4-,49,52,53,54,55,56,57,58,59,60,61,62,63,64)/p+1. The number of rotatable bonds is 15. The predicted molar refractivity (Wildman–Crippen MR) is 261 cm³/mol. The maximum atomic E-state index is 12.8. The molecule has 0 unspecified atom stereocenters. The number of anilines is 2. The molecule has 16 nitrogen and oxygen atoms in total. The highest BCUT2D eigenvalue weighted by atomic mass is 32.2. The van der Waals surface area contributed by atoms with Gasteiger partial charge in [0.25, 0.3) is 40.5 Å². The van der Waals surface area contributed by atoms with Crippen LogP contribution in [0, 0.1) is 6.92 Å². The van der Waals surface area contributed by atoms with E-state index in [1.165, 1.54) is 24.3 Å². The van der Waals surface area contributed by atoms with Crippen molar-refractivity contribution in [3.8, 4) is 0 Å². The van der Waals surface area contributed by atoms with Crippen LogP contribution in [-0.2, 0) is 56.1 Å². The number of aryl methyl sites for hydroxylation is 1. The number of unbranched alkanes of at least 4 members (excludes halogenated alkanes) is 2. The molecule has 360 valence electrons. The fourth-order valence-electron chi connectivity index (χ4n) is 9.60. The van der Waals surface area contributed by atoms with Crippen molar-refractivity contribution in [1.29, 1.82) is 0 Å². The summed E-state index contributed by atoms with van der Waals surface area (Å²) in [6, 6.07) is 17.7. The highest BCUT2D eigenvalue weighted by Crippen LogP contribution is 2.52. The molecular weight excluding hydrogens is 955 g/mol. The van der Waals surface area contributed by atoms with Gasteiger partial charge in [-0.25, -0.2) is 0 Å². The van der Waals surface area contributed by atoms with Crippen LogP contribution < -0.4 is 10.2 Å². The van der Waals surface area contributed by atoms with Crippen LogP contribution in [0.5, 0.6) is 0 Å². The molecule has 0 radical (unpaired) electrons. The third kappa shape index (κ3) is 9.55. The van der Waals surface area contributed by atoms with Gasteiger partial charge >= 0.3 is 0 Å². The number of hydrogen-bond acceptors (Lipinski definition) is 10. The van der Waals surface area contributed by atoms with Gasteiger partial charge in [-0.15, -0.1) is 0 Å². The fourth-order valence-corrected chi connectivity index (χ4v) is 12.3. The van der Waals surface area contributed by atoms with E-state index in [1.807, 2.05) is 87.4 Å². The highest BCUT2D eigenvalue weighted by Gasteiger charge is 2.46. The summed E-state index contributed by atoms with van der Waals surface area (Å²) >= 11 is 0. The van der Waals surface area contributed by atoms with E-state index in [2.05, 4.69) is 5.32 Å². The van der Waals surface area contributed by atoms with E-state index < -0.39 is 70.9 Å². The third-order valence-corrected chi connectivity index (χ3v) is 16.1. The summed E-state index contributed by atoms with van der Waals surface area (Å²) in [6.07, 6.45) is 11.3. The van der Waals surface area contributed by atoms with Crippen LogP contribution in [-0.4, -0.2) is 81.2 Å². The lowest BCUT2D eigenvalue weighted by Gasteiger charge is -2.26. The van der Waals surface area contributed by atoms with Crippen molar-refractivity contribution in [3.63, 3.8) is 0 Å². The maximum absolute atomic E-state index is 12.8. The van der Waals surface area contributed by atoms with Crippen LogP contribution in [0.1, 0.15) is 77.0 Å². The fraction of sp³-hybridized carbons (Fsp3) is 0.292. The Labute approximate surface area is 396 Å². The van der Waals surface area contributed by atoms with Crippen molar-refractivity contribution >= 4 is 90.7 Å². The quantitative estimate of drug-likeness (QED) is 0.0285. The lowest BCUT2D eigenvalue weighted by molar-refractivity contribution is -0.438. The molecular formula is C48H52N3O13S4+. The molecule has 2 heterocycles. The van der Waals surface area contributed by atoms with Gasteiger partial charge in [0.2, 0.25) is 11.6 Å². The molecule has 20 heteroatoms. The first kappa shape index (κ1) is 50.3. The Morgan fingerprint density at radius 3 is 1.79 bits per heavy atom. The van der Waals surface area contributed by atoms with E-state index in [0.717, 1.165) is 34.8 Å². The van der Waals surface area contributed by atoms with E-state index in [1.54, 1.807) is 30.4 Å². The number of allylic oxidation sites excluding steroid dienone is 6. The van der Waals surface area contributed by atoms with Gasteiger partial charge in [-0.1, -0.05) is 56.3 Å². The zero-order valence-corrected chi connectivity index (χ0v) is 41.3. The molecule has 0 saturated heterocycles. The number of benzene rings is 5. The number of carbonyl (C=O) groups is 1. The van der Waals surface area contributed by atoms with Gasteiger partial charge in [-0.2, -0.15) is 38.2 Å². The highest BCUT2D eigenvalue weighted by molar-refractivity contribution is 7.87. The van der Waals surface area contributed by atoms with Crippen molar-refractivity contribution in [2.24, 2.45) is 0 Å². The molecule has 0 bridgehead atoms. The topological polar surface area (TPSA) is 253 Å². The van der Waals surface area contributed by atoms with Crippen LogP contribution in [0.4, 0.5) is 17.1 Å². The minimum absolute atomic E-state index is 0.0555.